The molecule has 0 unspecified atom stereocenters. The number of thiophene rings is 2. The fourth-order valence-electron chi connectivity index (χ4n) is 1.68. The van der Waals surface area contributed by atoms with Crippen LogP contribution in [0.5, 0.6) is 0 Å². The van der Waals surface area contributed by atoms with Gasteiger partial charge in [-0.1, -0.05) is 6.92 Å². The van der Waals surface area contributed by atoms with Crippen molar-refractivity contribution < 1.29 is 14.7 Å². The van der Waals surface area contributed by atoms with E-state index in [9.17, 15) is 9.59 Å². The number of aryl methyl sites for hydroxylation is 2. The van der Waals surface area contributed by atoms with Crippen LogP contribution >= 0.6 is 22.7 Å². The van der Waals surface area contributed by atoms with Gasteiger partial charge in [-0.3, -0.25) is 4.79 Å². The van der Waals surface area contributed by atoms with Crippen molar-refractivity contribution >= 4 is 39.6 Å². The Hall–Kier alpha value is -1.66. The molecule has 19 heavy (non-hydrogen) atoms. The van der Waals surface area contributed by atoms with E-state index in [-0.39, 0.29) is 10.8 Å². The Labute approximate surface area is 118 Å². The highest BCUT2D eigenvalue weighted by Crippen LogP contribution is 2.26. The monoisotopic (exact) mass is 295 g/mol. The molecule has 0 radical (unpaired) electrons. The van der Waals surface area contributed by atoms with Crippen molar-refractivity contribution in [1.82, 2.24) is 0 Å². The van der Waals surface area contributed by atoms with Gasteiger partial charge in [-0.15, -0.1) is 22.7 Å². The van der Waals surface area contributed by atoms with E-state index in [1.807, 2.05) is 13.0 Å². The van der Waals surface area contributed by atoms with Gasteiger partial charge in [-0.2, -0.15) is 0 Å². The van der Waals surface area contributed by atoms with Crippen LogP contribution in [-0.2, 0) is 6.42 Å². The van der Waals surface area contributed by atoms with Crippen LogP contribution in [0.25, 0.3) is 0 Å². The van der Waals surface area contributed by atoms with Gasteiger partial charge in [0.25, 0.3) is 5.91 Å². The van der Waals surface area contributed by atoms with Crippen LogP contribution in [0.15, 0.2) is 18.2 Å². The maximum atomic E-state index is 12.0. The Kier molecular flexibility index (Phi) is 4.01. The maximum absolute atomic E-state index is 12.0. The average molecular weight is 295 g/mol. The number of anilines is 1. The Bertz CT molecular complexity index is 628. The van der Waals surface area contributed by atoms with Gasteiger partial charge >= 0.3 is 5.97 Å². The van der Waals surface area contributed by atoms with Crippen LogP contribution in [0.2, 0.25) is 0 Å². The quantitative estimate of drug-likeness (QED) is 0.905. The summed E-state index contributed by atoms with van der Waals surface area (Å²) in [6.07, 6.45) is 0.901. The molecule has 4 nitrogen and oxygen atoms in total. The molecule has 0 spiro atoms. The SMILES string of the molecule is CCc1cc(C(=O)Nc2ccc(C(=O)O)s2)sc1C. The first-order valence-electron chi connectivity index (χ1n) is 5.75. The second-order valence-electron chi connectivity index (χ2n) is 3.97. The molecule has 0 saturated carbocycles. The van der Waals surface area contributed by atoms with Gasteiger partial charge in [0, 0.05) is 4.88 Å². The molecule has 0 bridgehead atoms. The number of aromatic carboxylic acids is 1. The molecule has 6 heteroatoms. The standard InChI is InChI=1S/C13H13NO3S2/c1-3-8-6-10(18-7(8)2)12(15)14-11-5-4-9(19-11)13(16)17/h4-6H,3H2,1-2H3,(H,14,15)(H,16,17). The van der Waals surface area contributed by atoms with Crippen molar-refractivity contribution in [3.63, 3.8) is 0 Å². The summed E-state index contributed by atoms with van der Waals surface area (Å²) >= 11 is 2.51. The van der Waals surface area contributed by atoms with E-state index < -0.39 is 5.97 Å². The van der Waals surface area contributed by atoms with Gasteiger partial charge < -0.3 is 10.4 Å². The summed E-state index contributed by atoms with van der Waals surface area (Å²) in [5.41, 5.74) is 1.17. The summed E-state index contributed by atoms with van der Waals surface area (Å²) in [5, 5.41) is 12.1. The van der Waals surface area contributed by atoms with Crippen LogP contribution in [0.3, 0.4) is 0 Å². The lowest BCUT2D eigenvalue weighted by atomic mass is 10.2. The molecule has 1 amide bonds. The third-order valence-corrected chi connectivity index (χ3v) is 4.76. The minimum atomic E-state index is -0.981. The van der Waals surface area contributed by atoms with Crippen LogP contribution in [0.4, 0.5) is 5.00 Å². The summed E-state index contributed by atoms with van der Waals surface area (Å²) in [5.74, 6) is -1.17. The number of carboxylic acids is 1. The summed E-state index contributed by atoms with van der Waals surface area (Å²) in [6.45, 7) is 4.04. The van der Waals surface area contributed by atoms with Gasteiger partial charge in [0.1, 0.15) is 4.88 Å². The first-order valence-corrected chi connectivity index (χ1v) is 7.38. The number of nitrogens with one attached hydrogen (secondary N) is 1. The van der Waals surface area contributed by atoms with Crippen LogP contribution in [0, 0.1) is 6.92 Å². The minimum absolute atomic E-state index is 0.188. The summed E-state index contributed by atoms with van der Waals surface area (Å²) < 4.78 is 0. The highest BCUT2D eigenvalue weighted by molar-refractivity contribution is 7.18. The number of carboxylic acid groups (broad SMARTS) is 1. The Morgan fingerprint density at radius 1 is 1.26 bits per heavy atom. The number of rotatable bonds is 4. The zero-order valence-corrected chi connectivity index (χ0v) is 12.2. The molecule has 0 aliphatic carbocycles. The third-order valence-electron chi connectivity index (χ3n) is 2.68. The fraction of sp³-hybridized carbons (Fsp3) is 0.231. The molecule has 2 N–H and O–H groups in total. The van der Waals surface area contributed by atoms with Gasteiger partial charge in [0.2, 0.25) is 0 Å². The Balaban J connectivity index is 2.13. The van der Waals surface area contributed by atoms with E-state index in [0.29, 0.717) is 9.88 Å². The van der Waals surface area contributed by atoms with Crippen molar-refractivity contribution in [2.75, 3.05) is 5.32 Å². The van der Waals surface area contributed by atoms with E-state index in [4.69, 9.17) is 5.11 Å². The van der Waals surface area contributed by atoms with E-state index in [0.717, 1.165) is 22.6 Å². The number of hydrogen-bond acceptors (Lipinski definition) is 4. The Morgan fingerprint density at radius 3 is 2.53 bits per heavy atom. The summed E-state index contributed by atoms with van der Waals surface area (Å²) in [6, 6.07) is 4.98. The van der Waals surface area contributed by atoms with Crippen molar-refractivity contribution in [2.45, 2.75) is 20.3 Å². The molecule has 2 aromatic rings. The number of hydrogen-bond donors (Lipinski definition) is 2. The van der Waals surface area contributed by atoms with Gasteiger partial charge in [0.15, 0.2) is 0 Å². The Morgan fingerprint density at radius 2 is 2.00 bits per heavy atom. The second kappa shape index (κ2) is 5.54. The summed E-state index contributed by atoms with van der Waals surface area (Å²) in [4.78, 5) is 24.8. The lowest BCUT2D eigenvalue weighted by Crippen LogP contribution is -2.08. The molecule has 100 valence electrons. The molecule has 2 heterocycles. The normalized spacial score (nSPS) is 10.4. The zero-order valence-electron chi connectivity index (χ0n) is 10.5. The number of carbonyl (C=O) groups excluding carboxylic acids is 1. The van der Waals surface area contributed by atoms with Crippen LogP contribution < -0.4 is 5.32 Å². The molecule has 0 atom stereocenters. The zero-order chi connectivity index (χ0) is 14.0. The molecule has 0 saturated heterocycles. The van der Waals surface area contributed by atoms with Crippen molar-refractivity contribution in [2.24, 2.45) is 0 Å². The predicted molar refractivity (Wildman–Crippen MR) is 77.7 cm³/mol. The lowest BCUT2D eigenvalue weighted by molar-refractivity contribution is 0.0702. The minimum Gasteiger partial charge on any atom is -0.477 e. The third kappa shape index (κ3) is 3.02. The van der Waals surface area contributed by atoms with Gasteiger partial charge in [0.05, 0.1) is 9.88 Å². The predicted octanol–water partition coefficient (Wildman–Crippen LogP) is 3.63. The molecule has 0 aliphatic heterocycles. The molecule has 0 aliphatic rings. The van der Waals surface area contributed by atoms with Crippen LogP contribution in [0.1, 0.15) is 36.7 Å². The van der Waals surface area contributed by atoms with E-state index in [1.165, 1.54) is 23.0 Å². The van der Waals surface area contributed by atoms with Crippen LogP contribution in [-0.4, -0.2) is 17.0 Å². The first kappa shape index (κ1) is 13.8. The van der Waals surface area contributed by atoms with E-state index in [1.54, 1.807) is 6.07 Å². The lowest BCUT2D eigenvalue weighted by Gasteiger charge is -1.98. The maximum Gasteiger partial charge on any atom is 0.345 e. The van der Waals surface area contributed by atoms with Crippen molar-refractivity contribution in [3.05, 3.63) is 38.4 Å². The topological polar surface area (TPSA) is 66.4 Å². The van der Waals surface area contributed by atoms with Gasteiger partial charge in [-0.05, 0) is 37.1 Å². The van der Waals surface area contributed by atoms with Crippen molar-refractivity contribution in [3.8, 4) is 0 Å². The molecular formula is C13H13NO3S2. The number of carbonyl (C=O) groups is 2. The van der Waals surface area contributed by atoms with E-state index in [2.05, 4.69) is 12.2 Å². The van der Waals surface area contributed by atoms with Crippen molar-refractivity contribution in [1.29, 1.82) is 0 Å². The molecule has 0 fully saturated rings. The highest BCUT2D eigenvalue weighted by Gasteiger charge is 2.14. The van der Waals surface area contributed by atoms with Gasteiger partial charge in [-0.25, -0.2) is 4.79 Å². The molecule has 2 rings (SSSR count). The molecule has 2 aromatic heterocycles. The molecule has 0 aromatic carbocycles. The average Bonchev–Trinajstić information content (AvgIpc) is 2.95. The van der Waals surface area contributed by atoms with E-state index >= 15 is 0 Å². The highest BCUT2D eigenvalue weighted by atomic mass is 32.1. The number of amides is 1. The summed E-state index contributed by atoms with van der Waals surface area (Å²) in [7, 11) is 0. The smallest absolute Gasteiger partial charge is 0.345 e. The largest absolute Gasteiger partial charge is 0.477 e. The second-order valence-corrected chi connectivity index (χ2v) is 6.31. The fourth-order valence-corrected chi connectivity index (χ4v) is 3.43. The molecular weight excluding hydrogens is 282 g/mol. The first-order chi connectivity index (χ1) is 9.01.